The number of alkyl halides is 1. The van der Waals surface area contributed by atoms with E-state index < -0.39 is 5.41 Å². The molecule has 0 saturated heterocycles. The molecule has 1 rings (SSSR count). The van der Waals surface area contributed by atoms with Crippen LogP contribution in [-0.2, 0) is 9.53 Å². The van der Waals surface area contributed by atoms with Gasteiger partial charge in [-0.1, -0.05) is 46.3 Å². The Morgan fingerprint density at radius 1 is 1.38 bits per heavy atom. The maximum Gasteiger partial charge on any atom is 0.311 e. The summed E-state index contributed by atoms with van der Waals surface area (Å²) in [5.41, 5.74) is 0.620. The van der Waals surface area contributed by atoms with Gasteiger partial charge in [0.1, 0.15) is 0 Å². The second-order valence-corrected chi connectivity index (χ2v) is 4.98. The summed E-state index contributed by atoms with van der Waals surface area (Å²) in [7, 11) is 1.43. The lowest BCUT2D eigenvalue weighted by molar-refractivity contribution is -0.151. The van der Waals surface area contributed by atoms with Crippen LogP contribution in [0.25, 0.3) is 0 Å². The Morgan fingerprint density at radius 3 is 2.38 bits per heavy atom. The molecule has 88 valence electrons. The van der Waals surface area contributed by atoms with Crippen LogP contribution in [0.2, 0.25) is 0 Å². The molecule has 3 heteroatoms. The van der Waals surface area contributed by atoms with Gasteiger partial charge in [0.05, 0.1) is 12.5 Å². The third-order valence-electron chi connectivity index (χ3n) is 2.94. The molecule has 0 saturated carbocycles. The van der Waals surface area contributed by atoms with Gasteiger partial charge in [0.25, 0.3) is 0 Å². The van der Waals surface area contributed by atoms with E-state index in [2.05, 4.69) is 15.9 Å². The fourth-order valence-corrected chi connectivity index (χ4v) is 2.97. The molecule has 1 atom stereocenters. The maximum absolute atomic E-state index is 11.8. The van der Waals surface area contributed by atoms with Crippen molar-refractivity contribution < 1.29 is 9.53 Å². The number of rotatable bonds is 4. The van der Waals surface area contributed by atoms with Crippen molar-refractivity contribution in [2.45, 2.75) is 19.8 Å². The van der Waals surface area contributed by atoms with Crippen LogP contribution < -0.4 is 0 Å². The first kappa shape index (κ1) is 13.2. The minimum Gasteiger partial charge on any atom is -0.469 e. The summed E-state index contributed by atoms with van der Waals surface area (Å²) in [5, 5.41) is 0.735. The highest BCUT2D eigenvalue weighted by Crippen LogP contribution is 2.37. The molecule has 1 unspecified atom stereocenters. The Labute approximate surface area is 105 Å². The molecule has 0 bridgehead atoms. The largest absolute Gasteiger partial charge is 0.469 e. The van der Waals surface area contributed by atoms with Crippen molar-refractivity contribution in [3.05, 3.63) is 35.9 Å². The fraction of sp³-hybridized carbons (Fsp3) is 0.462. The summed E-state index contributed by atoms with van der Waals surface area (Å²) in [6.45, 7) is 3.83. The number of carbonyl (C=O) groups excluding carboxylic acids is 1. The lowest BCUT2D eigenvalue weighted by atomic mass is 9.76. The molecule has 0 aliphatic carbocycles. The first-order valence-electron chi connectivity index (χ1n) is 5.23. The Morgan fingerprint density at radius 2 is 1.94 bits per heavy atom. The number of ether oxygens (including phenoxy) is 1. The summed E-state index contributed by atoms with van der Waals surface area (Å²) in [5.74, 6) is -0.0676. The lowest BCUT2D eigenvalue weighted by Crippen LogP contribution is -2.33. The van der Waals surface area contributed by atoms with E-state index in [0.717, 1.165) is 10.9 Å². The molecular formula is C13H17BrO2. The smallest absolute Gasteiger partial charge is 0.311 e. The van der Waals surface area contributed by atoms with E-state index in [-0.39, 0.29) is 11.9 Å². The monoisotopic (exact) mass is 284 g/mol. The van der Waals surface area contributed by atoms with Crippen LogP contribution in [0.3, 0.4) is 0 Å². The highest BCUT2D eigenvalue weighted by Gasteiger charge is 2.37. The van der Waals surface area contributed by atoms with E-state index in [9.17, 15) is 4.79 Å². The number of hydrogen-bond donors (Lipinski definition) is 0. The van der Waals surface area contributed by atoms with Crippen molar-refractivity contribution >= 4 is 21.9 Å². The van der Waals surface area contributed by atoms with Crippen molar-refractivity contribution in [2.24, 2.45) is 5.41 Å². The van der Waals surface area contributed by atoms with Crippen molar-refractivity contribution in [1.82, 2.24) is 0 Å². The van der Waals surface area contributed by atoms with Crippen LogP contribution in [0.5, 0.6) is 0 Å². The number of methoxy groups -OCH3 is 1. The molecular weight excluding hydrogens is 268 g/mol. The van der Waals surface area contributed by atoms with Gasteiger partial charge >= 0.3 is 5.97 Å². The molecule has 0 spiro atoms. The van der Waals surface area contributed by atoms with E-state index in [1.807, 2.05) is 44.2 Å². The second-order valence-electron chi connectivity index (χ2n) is 4.33. The van der Waals surface area contributed by atoms with E-state index in [4.69, 9.17) is 4.74 Å². The molecule has 1 aromatic rings. The van der Waals surface area contributed by atoms with Gasteiger partial charge in [-0.05, 0) is 19.4 Å². The third kappa shape index (κ3) is 2.64. The molecule has 2 nitrogen and oxygen atoms in total. The van der Waals surface area contributed by atoms with Gasteiger partial charge in [-0.2, -0.15) is 0 Å². The first-order chi connectivity index (χ1) is 7.54. The van der Waals surface area contributed by atoms with Gasteiger partial charge < -0.3 is 4.74 Å². The second kappa shape index (κ2) is 5.48. The van der Waals surface area contributed by atoms with Gasteiger partial charge in [-0.25, -0.2) is 0 Å². The number of carbonyl (C=O) groups is 1. The Kier molecular flexibility index (Phi) is 4.54. The number of hydrogen-bond acceptors (Lipinski definition) is 2. The first-order valence-corrected chi connectivity index (χ1v) is 6.35. The molecule has 0 radical (unpaired) electrons. The van der Waals surface area contributed by atoms with Crippen molar-refractivity contribution in [1.29, 1.82) is 0 Å². The molecule has 0 aliphatic heterocycles. The molecule has 0 aliphatic rings. The minimum atomic E-state index is -0.528. The Bertz CT molecular complexity index is 346. The highest BCUT2D eigenvalue weighted by atomic mass is 79.9. The van der Waals surface area contributed by atoms with Gasteiger partial charge in [-0.15, -0.1) is 0 Å². The minimum absolute atomic E-state index is 0.112. The highest BCUT2D eigenvalue weighted by molar-refractivity contribution is 9.09. The molecule has 16 heavy (non-hydrogen) atoms. The molecule has 0 fully saturated rings. The zero-order valence-corrected chi connectivity index (χ0v) is 11.5. The van der Waals surface area contributed by atoms with Crippen LogP contribution in [0.1, 0.15) is 25.3 Å². The lowest BCUT2D eigenvalue weighted by Gasteiger charge is -2.30. The molecule has 0 amide bonds. The Hall–Kier alpha value is -0.830. The number of benzene rings is 1. The summed E-state index contributed by atoms with van der Waals surface area (Å²) < 4.78 is 4.86. The van der Waals surface area contributed by atoms with Crippen molar-refractivity contribution in [3.63, 3.8) is 0 Å². The van der Waals surface area contributed by atoms with Gasteiger partial charge in [0, 0.05) is 11.2 Å². The van der Waals surface area contributed by atoms with Crippen LogP contribution in [-0.4, -0.2) is 18.4 Å². The predicted molar refractivity (Wildman–Crippen MR) is 68.8 cm³/mol. The molecule has 0 aromatic heterocycles. The molecule has 0 N–H and O–H groups in total. The van der Waals surface area contributed by atoms with E-state index in [1.165, 1.54) is 7.11 Å². The summed E-state index contributed by atoms with van der Waals surface area (Å²) >= 11 is 3.48. The standard InChI is InChI=1S/C13H17BrO2/c1-13(2,12(15)16-3)11(9-14)10-7-5-4-6-8-10/h4-8,11H,9H2,1-3H3. The van der Waals surface area contributed by atoms with E-state index in [0.29, 0.717) is 0 Å². The predicted octanol–water partition coefficient (Wildman–Crippen LogP) is 3.36. The van der Waals surface area contributed by atoms with Crippen molar-refractivity contribution in [2.75, 3.05) is 12.4 Å². The quantitative estimate of drug-likeness (QED) is 0.626. The topological polar surface area (TPSA) is 26.3 Å². The van der Waals surface area contributed by atoms with Crippen molar-refractivity contribution in [3.8, 4) is 0 Å². The van der Waals surface area contributed by atoms with E-state index in [1.54, 1.807) is 0 Å². The zero-order valence-electron chi connectivity index (χ0n) is 9.87. The Balaban J connectivity index is 3.03. The molecule has 1 aromatic carbocycles. The van der Waals surface area contributed by atoms with Gasteiger partial charge in [0.2, 0.25) is 0 Å². The van der Waals surface area contributed by atoms with Gasteiger partial charge in [-0.3, -0.25) is 4.79 Å². The van der Waals surface area contributed by atoms with Crippen LogP contribution >= 0.6 is 15.9 Å². The maximum atomic E-state index is 11.8. The normalized spacial score (nSPS) is 13.2. The average Bonchev–Trinajstić information content (AvgIpc) is 2.30. The summed E-state index contributed by atoms with van der Waals surface area (Å²) in [6.07, 6.45) is 0. The zero-order chi connectivity index (χ0) is 12.2. The number of halogens is 1. The average molecular weight is 285 g/mol. The van der Waals surface area contributed by atoms with Gasteiger partial charge in [0.15, 0.2) is 0 Å². The molecule has 0 heterocycles. The van der Waals surface area contributed by atoms with E-state index >= 15 is 0 Å². The summed E-state index contributed by atoms with van der Waals surface area (Å²) in [6, 6.07) is 10.0. The van der Waals surface area contributed by atoms with Crippen LogP contribution in [0, 0.1) is 5.41 Å². The third-order valence-corrected chi connectivity index (χ3v) is 3.59. The van der Waals surface area contributed by atoms with Crippen LogP contribution in [0.15, 0.2) is 30.3 Å². The fourth-order valence-electron chi connectivity index (χ4n) is 1.79. The van der Waals surface area contributed by atoms with Crippen LogP contribution in [0.4, 0.5) is 0 Å². The summed E-state index contributed by atoms with van der Waals surface area (Å²) in [4.78, 5) is 11.8. The SMILES string of the molecule is COC(=O)C(C)(C)C(CBr)c1ccccc1. The number of esters is 1.